The second-order valence-electron chi connectivity index (χ2n) is 11.2. The first-order chi connectivity index (χ1) is 17.4. The van der Waals surface area contributed by atoms with Gasteiger partial charge in [0.1, 0.15) is 12.2 Å². The molecule has 1 aromatic rings. The number of nitrogens with zero attached hydrogens (tertiary/aromatic N) is 3. The summed E-state index contributed by atoms with van der Waals surface area (Å²) in [5, 5.41) is 0. The quantitative estimate of drug-likeness (QED) is 0.0934. The Balaban J connectivity index is 0.00000684. The minimum absolute atomic E-state index is 0. The number of esters is 1. The first kappa shape index (κ1) is 34.3. The van der Waals surface area contributed by atoms with Crippen LogP contribution in [0.4, 0.5) is 0 Å². The molecule has 37 heavy (non-hydrogen) atoms. The Kier molecular flexibility index (Phi) is 17.9. The summed E-state index contributed by atoms with van der Waals surface area (Å²) in [6.45, 7) is 11.1. The Morgan fingerprint density at radius 2 is 1.65 bits per heavy atom. The van der Waals surface area contributed by atoms with Gasteiger partial charge in [-0.25, -0.2) is 0 Å². The summed E-state index contributed by atoms with van der Waals surface area (Å²) in [4.78, 5) is 12.7. The number of rotatable bonds is 19. The largest absolute Gasteiger partial charge is 1.00 e. The number of unbranched alkanes of at least 4 members (excludes halogenated alkanes) is 9. The van der Waals surface area contributed by atoms with E-state index in [4.69, 9.17) is 9.47 Å². The van der Waals surface area contributed by atoms with E-state index in [1.165, 1.54) is 75.1 Å². The van der Waals surface area contributed by atoms with Gasteiger partial charge >= 0.3 is 5.97 Å². The molecular weight excluding hydrogens is 597 g/mol. The van der Waals surface area contributed by atoms with Gasteiger partial charge in [0.2, 0.25) is 6.23 Å². The fourth-order valence-electron chi connectivity index (χ4n) is 4.96. The number of quaternary nitrogens is 1. The van der Waals surface area contributed by atoms with Gasteiger partial charge in [0.25, 0.3) is 5.88 Å². The smallest absolute Gasteiger partial charge is 0.310 e. The van der Waals surface area contributed by atoms with E-state index in [0.717, 1.165) is 44.5 Å². The Morgan fingerprint density at radius 3 is 2.32 bits per heavy atom. The van der Waals surface area contributed by atoms with E-state index < -0.39 is 0 Å². The van der Waals surface area contributed by atoms with Crippen LogP contribution in [0.5, 0.6) is 5.88 Å². The number of aromatic nitrogens is 2. The van der Waals surface area contributed by atoms with Crippen molar-refractivity contribution in [2.75, 3.05) is 26.7 Å². The average molecular weight is 650 g/mol. The number of hydrogen-bond donors (Lipinski definition) is 0. The summed E-state index contributed by atoms with van der Waals surface area (Å²) in [6.07, 6.45) is 18.0. The predicted octanol–water partition coefficient (Wildman–Crippen LogP) is 4.79. The maximum atomic E-state index is 12.7. The molecular formula is C29H52IN3O3S. The molecule has 0 amide bonds. The van der Waals surface area contributed by atoms with Gasteiger partial charge in [-0.3, -0.25) is 9.28 Å². The van der Waals surface area contributed by atoms with Crippen LogP contribution in [0.2, 0.25) is 0 Å². The van der Waals surface area contributed by atoms with E-state index in [1.54, 1.807) is 0 Å². The Bertz CT molecular complexity index is 786. The maximum absolute atomic E-state index is 12.7. The highest BCUT2D eigenvalue weighted by Gasteiger charge is 2.39. The Morgan fingerprint density at radius 1 is 1.00 bits per heavy atom. The van der Waals surface area contributed by atoms with Crippen LogP contribution in [0.25, 0.3) is 5.57 Å². The first-order valence-corrected chi connectivity index (χ1v) is 15.3. The molecule has 1 aliphatic rings. The number of carbonyl (C=O) groups excluding carboxylic acids is 1. The molecule has 2 atom stereocenters. The molecule has 0 aromatic carbocycles. The van der Waals surface area contributed by atoms with Crippen molar-refractivity contribution in [3.63, 3.8) is 0 Å². The molecule has 8 heteroatoms. The highest BCUT2D eigenvalue weighted by molar-refractivity contribution is 6.99. The van der Waals surface area contributed by atoms with Crippen LogP contribution in [-0.2, 0) is 9.53 Å². The lowest BCUT2D eigenvalue weighted by Gasteiger charge is -2.43. The third-order valence-corrected chi connectivity index (χ3v) is 7.67. The molecule has 214 valence electrons. The monoisotopic (exact) mass is 649 g/mol. The van der Waals surface area contributed by atoms with E-state index in [1.807, 2.05) is 0 Å². The Labute approximate surface area is 247 Å². The third-order valence-electron chi connectivity index (χ3n) is 7.15. The van der Waals surface area contributed by atoms with Crippen molar-refractivity contribution < 1.29 is 42.7 Å². The lowest BCUT2D eigenvalue weighted by Crippen LogP contribution is -3.00. The molecule has 0 aliphatic carbocycles. The Hall–Kier alpha value is -0.740. The van der Waals surface area contributed by atoms with E-state index in [-0.39, 0.29) is 36.2 Å². The van der Waals surface area contributed by atoms with Crippen molar-refractivity contribution in [3.05, 3.63) is 11.8 Å². The zero-order valence-electron chi connectivity index (χ0n) is 24.1. The van der Waals surface area contributed by atoms with Gasteiger partial charge in [-0.2, -0.15) is 4.37 Å². The lowest BCUT2D eigenvalue weighted by molar-refractivity contribution is -0.947. The molecule has 2 rings (SSSR count). The third kappa shape index (κ3) is 12.8. The predicted molar refractivity (Wildman–Crippen MR) is 150 cm³/mol. The molecule has 2 heterocycles. The minimum Gasteiger partial charge on any atom is -1.00 e. The molecule has 2 unspecified atom stereocenters. The van der Waals surface area contributed by atoms with E-state index in [9.17, 15) is 4.79 Å². The molecule has 0 spiro atoms. The highest BCUT2D eigenvalue weighted by atomic mass is 127. The molecule has 6 nitrogen and oxygen atoms in total. The number of carbonyl (C=O) groups is 1. The van der Waals surface area contributed by atoms with Gasteiger partial charge < -0.3 is 33.5 Å². The SMILES string of the molecule is CCCCCCCCCC(OC(=O)CC(C)C)[N+]1(C)CCC=C(c2nsnc2OCCCCCC)C1.[I-]. The van der Waals surface area contributed by atoms with Crippen molar-refractivity contribution in [2.24, 2.45) is 5.92 Å². The molecule has 1 aliphatic heterocycles. The van der Waals surface area contributed by atoms with E-state index >= 15 is 0 Å². The molecule has 0 saturated heterocycles. The van der Waals surface area contributed by atoms with Gasteiger partial charge in [0.05, 0.1) is 31.9 Å². The van der Waals surface area contributed by atoms with Crippen molar-refractivity contribution in [3.8, 4) is 5.88 Å². The topological polar surface area (TPSA) is 61.3 Å². The molecule has 0 N–H and O–H groups in total. The summed E-state index contributed by atoms with van der Waals surface area (Å²) < 4.78 is 22.0. The normalized spacial score (nSPS) is 18.3. The summed E-state index contributed by atoms with van der Waals surface area (Å²) in [7, 11) is 2.24. The van der Waals surface area contributed by atoms with Crippen molar-refractivity contribution in [2.45, 2.75) is 124 Å². The molecule has 0 fully saturated rings. The molecule has 0 bridgehead atoms. The number of halogens is 1. The van der Waals surface area contributed by atoms with Crippen LogP contribution in [0.3, 0.4) is 0 Å². The van der Waals surface area contributed by atoms with Crippen LogP contribution < -0.4 is 28.7 Å². The highest BCUT2D eigenvalue weighted by Crippen LogP contribution is 2.33. The summed E-state index contributed by atoms with van der Waals surface area (Å²) in [6, 6.07) is 0. The van der Waals surface area contributed by atoms with Crippen LogP contribution in [-0.4, -0.2) is 52.2 Å². The fraction of sp³-hybridized carbons (Fsp3) is 0.828. The van der Waals surface area contributed by atoms with Crippen LogP contribution in [0.15, 0.2) is 6.08 Å². The molecule has 0 saturated carbocycles. The van der Waals surface area contributed by atoms with Gasteiger partial charge in [0, 0.05) is 24.8 Å². The second-order valence-corrected chi connectivity index (χ2v) is 11.7. The minimum atomic E-state index is -0.124. The fourth-order valence-corrected chi connectivity index (χ4v) is 5.49. The van der Waals surface area contributed by atoms with E-state index in [2.05, 4.69) is 49.6 Å². The van der Waals surface area contributed by atoms with Crippen molar-refractivity contribution in [1.29, 1.82) is 0 Å². The van der Waals surface area contributed by atoms with Gasteiger partial charge in [-0.05, 0) is 18.8 Å². The average Bonchev–Trinajstić information content (AvgIpc) is 3.31. The second kappa shape index (κ2) is 19.3. The summed E-state index contributed by atoms with van der Waals surface area (Å²) in [5.41, 5.74) is 2.05. The number of hydrogen-bond acceptors (Lipinski definition) is 6. The maximum Gasteiger partial charge on any atom is 0.310 e. The number of ether oxygens (including phenoxy) is 2. The zero-order valence-corrected chi connectivity index (χ0v) is 27.1. The van der Waals surface area contributed by atoms with Gasteiger partial charge in [-0.15, -0.1) is 4.37 Å². The zero-order chi connectivity index (χ0) is 26.2. The van der Waals surface area contributed by atoms with E-state index in [0.29, 0.717) is 29.3 Å². The summed E-state index contributed by atoms with van der Waals surface area (Å²) in [5.74, 6) is 0.897. The van der Waals surface area contributed by atoms with Crippen LogP contribution in [0.1, 0.15) is 123 Å². The molecule has 1 aromatic heterocycles. The standard InChI is InChI=1S/C29H52N3O3S.HI/c1-6-8-10-12-13-14-15-19-26(35-27(33)22-24(3)4)32(5)20-17-18-25(23-32)28-29(31-36-30-28)34-21-16-11-9-7-2;/h18,24,26H,6-17,19-23H2,1-5H3;1H/q+1;/p-1. The van der Waals surface area contributed by atoms with Gasteiger partial charge in [0.15, 0.2) is 0 Å². The van der Waals surface area contributed by atoms with Crippen molar-refractivity contribution >= 4 is 23.3 Å². The first-order valence-electron chi connectivity index (χ1n) is 14.6. The number of likely N-dealkylation sites (N-methyl/N-ethyl adjacent to an activating group) is 1. The van der Waals surface area contributed by atoms with Crippen molar-refractivity contribution in [1.82, 2.24) is 8.75 Å². The van der Waals surface area contributed by atoms with Crippen LogP contribution in [0, 0.1) is 5.92 Å². The lowest BCUT2D eigenvalue weighted by atomic mass is 10.0. The van der Waals surface area contributed by atoms with Gasteiger partial charge in [-0.1, -0.05) is 91.6 Å². The summed E-state index contributed by atoms with van der Waals surface area (Å²) >= 11 is 1.22. The van der Waals surface area contributed by atoms with Crippen LogP contribution >= 0.6 is 11.7 Å². The molecule has 0 radical (unpaired) electrons.